The molecule has 0 fully saturated rings. The van der Waals surface area contributed by atoms with E-state index >= 15 is 0 Å². The van der Waals surface area contributed by atoms with Gasteiger partial charge in [0.15, 0.2) is 0 Å². The molecule has 0 aromatic heterocycles. The van der Waals surface area contributed by atoms with Crippen LogP contribution in [0.15, 0.2) is 24.3 Å². The van der Waals surface area contributed by atoms with Crippen molar-refractivity contribution in [1.29, 1.82) is 0 Å². The lowest BCUT2D eigenvalue weighted by molar-refractivity contribution is -0.116. The SMILES string of the molecule is CCCCCCCCCCCCCCCCNCC(=O)Nc1cccc(NC(=O)CCC)c1. The van der Waals surface area contributed by atoms with Crippen molar-refractivity contribution in [1.82, 2.24) is 5.32 Å². The zero-order valence-corrected chi connectivity index (χ0v) is 21.4. The molecular formula is C28H49N3O2. The largest absolute Gasteiger partial charge is 0.326 e. The summed E-state index contributed by atoms with van der Waals surface area (Å²) in [7, 11) is 0. The van der Waals surface area contributed by atoms with E-state index < -0.39 is 0 Å². The van der Waals surface area contributed by atoms with Gasteiger partial charge in [0.05, 0.1) is 6.54 Å². The van der Waals surface area contributed by atoms with E-state index in [-0.39, 0.29) is 11.8 Å². The second-order valence-corrected chi connectivity index (χ2v) is 9.20. The zero-order valence-electron chi connectivity index (χ0n) is 21.4. The first-order valence-corrected chi connectivity index (χ1v) is 13.6. The fraction of sp³-hybridized carbons (Fsp3) is 0.714. The van der Waals surface area contributed by atoms with Crippen LogP contribution in [0.5, 0.6) is 0 Å². The van der Waals surface area contributed by atoms with E-state index in [9.17, 15) is 9.59 Å². The molecular weight excluding hydrogens is 410 g/mol. The van der Waals surface area contributed by atoms with E-state index in [2.05, 4.69) is 22.9 Å². The van der Waals surface area contributed by atoms with Crippen LogP contribution in [0.1, 0.15) is 117 Å². The van der Waals surface area contributed by atoms with Gasteiger partial charge in [-0.2, -0.15) is 0 Å². The van der Waals surface area contributed by atoms with E-state index in [0.717, 1.165) is 19.4 Å². The Morgan fingerprint density at radius 1 is 0.636 bits per heavy atom. The highest BCUT2D eigenvalue weighted by Gasteiger charge is 2.05. The first-order valence-electron chi connectivity index (χ1n) is 13.6. The number of amides is 2. The van der Waals surface area contributed by atoms with Gasteiger partial charge < -0.3 is 16.0 Å². The number of hydrogen-bond donors (Lipinski definition) is 3. The predicted octanol–water partition coefficient (Wildman–Crippen LogP) is 7.43. The normalized spacial score (nSPS) is 10.8. The lowest BCUT2D eigenvalue weighted by Gasteiger charge is -2.09. The molecule has 33 heavy (non-hydrogen) atoms. The second-order valence-electron chi connectivity index (χ2n) is 9.20. The third kappa shape index (κ3) is 17.3. The number of carbonyl (C=O) groups excluding carboxylic acids is 2. The first kappa shape index (κ1) is 29.2. The number of unbranched alkanes of at least 4 members (excludes halogenated alkanes) is 13. The Bertz CT molecular complexity index is 633. The standard InChI is InChI=1S/C28H49N3O2/c1-3-5-6-7-8-9-10-11-12-13-14-15-16-17-22-29-24-28(33)31-26-21-18-20-25(23-26)30-27(32)19-4-2/h18,20-21,23,29H,3-17,19,22,24H2,1-2H3,(H,30,32)(H,31,33). The predicted molar refractivity (Wildman–Crippen MR) is 142 cm³/mol. The molecule has 0 heterocycles. The van der Waals surface area contributed by atoms with Crippen LogP contribution in [0.3, 0.4) is 0 Å². The van der Waals surface area contributed by atoms with Crippen molar-refractivity contribution >= 4 is 23.2 Å². The molecule has 0 aliphatic heterocycles. The quantitative estimate of drug-likeness (QED) is 0.167. The van der Waals surface area contributed by atoms with Crippen LogP contribution in [-0.4, -0.2) is 24.9 Å². The lowest BCUT2D eigenvalue weighted by Crippen LogP contribution is -2.28. The summed E-state index contributed by atoms with van der Waals surface area (Å²) in [6.45, 7) is 5.43. The molecule has 5 heteroatoms. The van der Waals surface area contributed by atoms with Crippen LogP contribution >= 0.6 is 0 Å². The van der Waals surface area contributed by atoms with Crippen molar-refractivity contribution in [3.8, 4) is 0 Å². The summed E-state index contributed by atoms with van der Waals surface area (Å²) in [5, 5.41) is 8.97. The number of hydrogen-bond acceptors (Lipinski definition) is 3. The molecule has 1 aromatic rings. The minimum atomic E-state index is -0.0580. The molecule has 0 aliphatic carbocycles. The van der Waals surface area contributed by atoms with Crippen molar-refractivity contribution in [2.24, 2.45) is 0 Å². The monoisotopic (exact) mass is 459 g/mol. The van der Waals surface area contributed by atoms with E-state index in [4.69, 9.17) is 0 Å². The van der Waals surface area contributed by atoms with E-state index in [1.807, 2.05) is 25.1 Å². The van der Waals surface area contributed by atoms with E-state index in [0.29, 0.717) is 24.3 Å². The van der Waals surface area contributed by atoms with Crippen molar-refractivity contribution in [2.45, 2.75) is 117 Å². The smallest absolute Gasteiger partial charge is 0.238 e. The number of nitrogens with one attached hydrogen (secondary N) is 3. The maximum Gasteiger partial charge on any atom is 0.238 e. The van der Waals surface area contributed by atoms with Gasteiger partial charge in [-0.05, 0) is 37.6 Å². The molecule has 2 amide bonds. The summed E-state index contributed by atoms with van der Waals surface area (Å²) in [5.41, 5.74) is 1.41. The molecule has 0 unspecified atom stereocenters. The number of carbonyl (C=O) groups is 2. The van der Waals surface area contributed by atoms with Crippen molar-refractivity contribution in [3.63, 3.8) is 0 Å². The molecule has 188 valence electrons. The molecule has 5 nitrogen and oxygen atoms in total. The summed E-state index contributed by atoms with van der Waals surface area (Å²) < 4.78 is 0. The minimum absolute atomic E-state index is 0.00388. The Kier molecular flexibility index (Phi) is 18.3. The molecule has 0 aliphatic rings. The summed E-state index contributed by atoms with van der Waals surface area (Å²) in [6.07, 6.45) is 20.3. The average molecular weight is 460 g/mol. The first-order chi connectivity index (χ1) is 16.2. The van der Waals surface area contributed by atoms with Crippen LogP contribution in [0.25, 0.3) is 0 Å². The minimum Gasteiger partial charge on any atom is -0.326 e. The summed E-state index contributed by atoms with van der Waals surface area (Å²) in [4.78, 5) is 23.8. The van der Waals surface area contributed by atoms with Crippen LogP contribution < -0.4 is 16.0 Å². The van der Waals surface area contributed by atoms with Crippen LogP contribution in [0, 0.1) is 0 Å². The molecule has 3 N–H and O–H groups in total. The Hall–Kier alpha value is -1.88. The number of benzene rings is 1. The van der Waals surface area contributed by atoms with Gasteiger partial charge in [-0.3, -0.25) is 9.59 Å². The average Bonchev–Trinajstić information content (AvgIpc) is 2.79. The lowest BCUT2D eigenvalue weighted by atomic mass is 10.0. The summed E-state index contributed by atoms with van der Waals surface area (Å²) in [6, 6.07) is 7.29. The number of anilines is 2. The molecule has 0 bridgehead atoms. The Morgan fingerprint density at radius 2 is 1.12 bits per heavy atom. The molecule has 1 rings (SSSR count). The molecule has 0 spiro atoms. The van der Waals surface area contributed by atoms with E-state index in [1.54, 1.807) is 6.07 Å². The fourth-order valence-electron chi connectivity index (χ4n) is 3.98. The van der Waals surface area contributed by atoms with Crippen LogP contribution in [-0.2, 0) is 9.59 Å². The van der Waals surface area contributed by atoms with Crippen molar-refractivity contribution in [3.05, 3.63) is 24.3 Å². The zero-order chi connectivity index (χ0) is 24.0. The second kappa shape index (κ2) is 20.7. The van der Waals surface area contributed by atoms with Gasteiger partial charge in [0, 0.05) is 17.8 Å². The van der Waals surface area contributed by atoms with Gasteiger partial charge in [0.2, 0.25) is 11.8 Å². The van der Waals surface area contributed by atoms with Gasteiger partial charge in [-0.15, -0.1) is 0 Å². The van der Waals surface area contributed by atoms with Gasteiger partial charge in [-0.25, -0.2) is 0 Å². The molecule has 0 saturated heterocycles. The fourth-order valence-corrected chi connectivity index (χ4v) is 3.98. The third-order valence-corrected chi connectivity index (χ3v) is 5.90. The molecule has 0 atom stereocenters. The van der Waals surface area contributed by atoms with Crippen LogP contribution in [0.2, 0.25) is 0 Å². The summed E-state index contributed by atoms with van der Waals surface area (Å²) in [5.74, 6) is -0.0618. The van der Waals surface area contributed by atoms with Gasteiger partial charge >= 0.3 is 0 Å². The van der Waals surface area contributed by atoms with Gasteiger partial charge in [-0.1, -0.05) is 103 Å². The van der Waals surface area contributed by atoms with Gasteiger partial charge in [0.1, 0.15) is 0 Å². The van der Waals surface area contributed by atoms with Crippen LogP contribution in [0.4, 0.5) is 11.4 Å². The number of rotatable bonds is 21. The highest BCUT2D eigenvalue weighted by Crippen LogP contribution is 2.15. The van der Waals surface area contributed by atoms with Crippen molar-refractivity contribution in [2.75, 3.05) is 23.7 Å². The summed E-state index contributed by atoms with van der Waals surface area (Å²) >= 11 is 0. The Morgan fingerprint density at radius 3 is 1.64 bits per heavy atom. The van der Waals surface area contributed by atoms with Gasteiger partial charge in [0.25, 0.3) is 0 Å². The Balaban J connectivity index is 1.95. The van der Waals surface area contributed by atoms with E-state index in [1.165, 1.54) is 83.5 Å². The molecule has 0 saturated carbocycles. The third-order valence-electron chi connectivity index (χ3n) is 5.90. The Labute approximate surface area is 202 Å². The molecule has 1 aromatic carbocycles. The highest BCUT2D eigenvalue weighted by atomic mass is 16.2. The maximum atomic E-state index is 12.1. The highest BCUT2D eigenvalue weighted by molar-refractivity contribution is 5.94. The topological polar surface area (TPSA) is 70.2 Å². The van der Waals surface area contributed by atoms with Crippen molar-refractivity contribution < 1.29 is 9.59 Å². The maximum absolute atomic E-state index is 12.1. The molecule has 0 radical (unpaired) electrons.